The smallest absolute Gasteiger partial charge is 0.250 e. The minimum absolute atomic E-state index is 0.444. The van der Waals surface area contributed by atoms with Gasteiger partial charge in [-0.05, 0) is 30.3 Å². The molecule has 0 unspecified atom stereocenters. The molecule has 7 nitrogen and oxygen atoms in total. The summed E-state index contributed by atoms with van der Waals surface area (Å²) in [6.45, 7) is 0.0271. The van der Waals surface area contributed by atoms with Gasteiger partial charge in [0.2, 0.25) is 5.91 Å². The second kappa shape index (κ2) is 7.38. The van der Waals surface area contributed by atoms with Gasteiger partial charge < -0.3 is 15.7 Å². The Morgan fingerprint density at radius 2 is 2.04 bits per heavy atom. The largest absolute Gasteiger partial charge is 0.387 e. The quantitative estimate of drug-likeness (QED) is 0.556. The van der Waals surface area contributed by atoms with Crippen molar-refractivity contribution in [3.8, 4) is 11.3 Å². The number of carbonyl (C=O) groups excluding carboxylic acids is 1. The van der Waals surface area contributed by atoms with Crippen LogP contribution >= 0.6 is 0 Å². The first-order valence-corrected chi connectivity index (χ1v) is 7.43. The van der Waals surface area contributed by atoms with Crippen LogP contribution in [0.15, 0.2) is 55.0 Å². The average Bonchev–Trinajstić information content (AvgIpc) is 3.09. The fourth-order valence-corrected chi connectivity index (χ4v) is 2.31. The number of hydrogen-bond donors (Lipinski definition) is 4. The Hall–Kier alpha value is -3.19. The van der Waals surface area contributed by atoms with Gasteiger partial charge in [0.15, 0.2) is 0 Å². The van der Waals surface area contributed by atoms with Gasteiger partial charge in [-0.25, -0.2) is 0 Å². The highest BCUT2D eigenvalue weighted by molar-refractivity contribution is 5.91. The van der Waals surface area contributed by atoms with Crippen LogP contribution in [-0.2, 0) is 11.3 Å². The van der Waals surface area contributed by atoms with Gasteiger partial charge in [0.05, 0.1) is 11.9 Å². The number of nitrogens with zero attached hydrogens (tertiary/aromatic N) is 2. The third kappa shape index (κ3) is 3.76. The number of amides is 1. The number of aliphatic hydroxyl groups excluding tert-OH is 1. The lowest BCUT2D eigenvalue weighted by atomic mass is 10.1. The molecule has 2 aromatic heterocycles. The second-order valence-corrected chi connectivity index (χ2v) is 5.15. The molecule has 0 spiro atoms. The maximum absolute atomic E-state index is 11.2. The van der Waals surface area contributed by atoms with Crippen LogP contribution in [-0.4, -0.2) is 32.8 Å². The Morgan fingerprint density at radius 1 is 1.17 bits per heavy atom. The fourth-order valence-electron chi connectivity index (χ4n) is 2.31. The summed E-state index contributed by atoms with van der Waals surface area (Å²) in [5, 5.41) is 21.8. The van der Waals surface area contributed by atoms with Gasteiger partial charge in [0, 0.05) is 41.4 Å². The van der Waals surface area contributed by atoms with Crippen LogP contribution in [0.4, 0.5) is 11.4 Å². The average molecular weight is 323 g/mol. The minimum Gasteiger partial charge on any atom is -0.387 e. The van der Waals surface area contributed by atoms with Crippen LogP contribution in [0.5, 0.6) is 0 Å². The van der Waals surface area contributed by atoms with Gasteiger partial charge in [0.25, 0.3) is 0 Å². The number of rotatable bonds is 6. The van der Waals surface area contributed by atoms with E-state index in [-0.39, 0.29) is 0 Å². The molecule has 2 heterocycles. The SMILES string of the molecule is O=C(CO)Nc1cccc(NCc2cn[nH]c2-c2cccnc2)c1. The van der Waals surface area contributed by atoms with E-state index in [1.165, 1.54) is 0 Å². The fraction of sp³-hybridized carbons (Fsp3) is 0.118. The van der Waals surface area contributed by atoms with Crippen LogP contribution in [0, 0.1) is 0 Å². The Labute approximate surface area is 138 Å². The number of benzene rings is 1. The Kier molecular flexibility index (Phi) is 4.83. The van der Waals surface area contributed by atoms with E-state index in [1.54, 1.807) is 30.7 Å². The summed E-state index contributed by atoms with van der Waals surface area (Å²) in [5.74, 6) is -0.444. The summed E-state index contributed by atoms with van der Waals surface area (Å²) < 4.78 is 0. The maximum atomic E-state index is 11.2. The van der Waals surface area contributed by atoms with Crippen molar-refractivity contribution in [1.29, 1.82) is 0 Å². The summed E-state index contributed by atoms with van der Waals surface area (Å²) in [6, 6.07) is 11.1. The molecule has 0 bridgehead atoms. The van der Waals surface area contributed by atoms with Gasteiger partial charge in [-0.2, -0.15) is 5.10 Å². The molecular weight excluding hydrogens is 306 g/mol. The molecule has 122 valence electrons. The Bertz CT molecular complexity index is 817. The van der Waals surface area contributed by atoms with Crippen molar-refractivity contribution < 1.29 is 9.90 Å². The maximum Gasteiger partial charge on any atom is 0.250 e. The predicted octanol–water partition coefficient (Wildman–Crippen LogP) is 2.01. The van der Waals surface area contributed by atoms with Crippen molar-refractivity contribution in [1.82, 2.24) is 15.2 Å². The summed E-state index contributed by atoms with van der Waals surface area (Å²) in [4.78, 5) is 15.4. The first-order valence-electron chi connectivity index (χ1n) is 7.43. The molecule has 0 aliphatic heterocycles. The summed E-state index contributed by atoms with van der Waals surface area (Å²) in [5.41, 5.74) is 4.37. The predicted molar refractivity (Wildman–Crippen MR) is 91.3 cm³/mol. The third-order valence-corrected chi connectivity index (χ3v) is 3.44. The molecule has 7 heteroatoms. The van der Waals surface area contributed by atoms with Crippen molar-refractivity contribution in [3.05, 3.63) is 60.6 Å². The van der Waals surface area contributed by atoms with Crippen molar-refractivity contribution in [2.75, 3.05) is 17.2 Å². The molecule has 3 aromatic rings. The van der Waals surface area contributed by atoms with E-state index < -0.39 is 12.5 Å². The molecule has 0 fully saturated rings. The van der Waals surface area contributed by atoms with Crippen LogP contribution < -0.4 is 10.6 Å². The van der Waals surface area contributed by atoms with Crippen LogP contribution in [0.3, 0.4) is 0 Å². The summed E-state index contributed by atoms with van der Waals surface area (Å²) in [7, 11) is 0. The van der Waals surface area contributed by atoms with Crippen LogP contribution in [0.2, 0.25) is 0 Å². The summed E-state index contributed by atoms with van der Waals surface area (Å²) >= 11 is 0. The molecule has 0 aliphatic rings. The number of aromatic nitrogens is 3. The normalized spacial score (nSPS) is 10.4. The minimum atomic E-state index is -0.541. The molecule has 0 atom stereocenters. The molecule has 0 saturated carbocycles. The number of pyridine rings is 1. The lowest BCUT2D eigenvalue weighted by Crippen LogP contribution is -2.15. The molecule has 0 aliphatic carbocycles. The van der Waals surface area contributed by atoms with Gasteiger partial charge >= 0.3 is 0 Å². The van der Waals surface area contributed by atoms with Crippen LogP contribution in [0.1, 0.15) is 5.56 Å². The highest BCUT2D eigenvalue weighted by Gasteiger charge is 2.08. The third-order valence-electron chi connectivity index (χ3n) is 3.44. The van der Waals surface area contributed by atoms with Crippen molar-refractivity contribution in [2.45, 2.75) is 6.54 Å². The molecule has 0 radical (unpaired) electrons. The molecule has 3 rings (SSSR count). The van der Waals surface area contributed by atoms with Gasteiger partial charge in [-0.1, -0.05) is 6.07 Å². The molecular formula is C17H17N5O2. The van der Waals surface area contributed by atoms with E-state index in [2.05, 4.69) is 25.8 Å². The first-order chi connectivity index (χ1) is 11.8. The highest BCUT2D eigenvalue weighted by Crippen LogP contribution is 2.22. The number of carbonyl (C=O) groups is 1. The number of hydrogen-bond acceptors (Lipinski definition) is 5. The molecule has 1 aromatic carbocycles. The van der Waals surface area contributed by atoms with Crippen molar-refractivity contribution >= 4 is 17.3 Å². The van der Waals surface area contributed by atoms with Crippen LogP contribution in [0.25, 0.3) is 11.3 Å². The van der Waals surface area contributed by atoms with Gasteiger partial charge in [0.1, 0.15) is 6.61 Å². The van der Waals surface area contributed by atoms with E-state index in [0.717, 1.165) is 22.5 Å². The van der Waals surface area contributed by atoms with E-state index >= 15 is 0 Å². The Morgan fingerprint density at radius 3 is 2.83 bits per heavy atom. The Balaban J connectivity index is 1.70. The van der Waals surface area contributed by atoms with Crippen molar-refractivity contribution in [3.63, 3.8) is 0 Å². The van der Waals surface area contributed by atoms with E-state index in [0.29, 0.717) is 12.2 Å². The highest BCUT2D eigenvalue weighted by atomic mass is 16.3. The monoisotopic (exact) mass is 323 g/mol. The zero-order valence-corrected chi connectivity index (χ0v) is 12.9. The zero-order valence-electron chi connectivity index (χ0n) is 12.9. The van der Waals surface area contributed by atoms with Gasteiger partial charge in [-0.15, -0.1) is 0 Å². The number of nitrogens with one attached hydrogen (secondary N) is 3. The zero-order chi connectivity index (χ0) is 16.8. The second-order valence-electron chi connectivity index (χ2n) is 5.15. The lowest BCUT2D eigenvalue weighted by molar-refractivity contribution is -0.118. The molecule has 4 N–H and O–H groups in total. The van der Waals surface area contributed by atoms with Gasteiger partial charge in [-0.3, -0.25) is 14.9 Å². The summed E-state index contributed by atoms with van der Waals surface area (Å²) in [6.07, 6.45) is 5.28. The first kappa shape index (κ1) is 15.7. The standard InChI is InChI=1S/C17H17N5O2/c23-11-16(24)21-15-5-1-4-14(7-15)19-9-13-10-20-22-17(13)12-3-2-6-18-8-12/h1-8,10,19,23H,9,11H2,(H,20,22)(H,21,24). The number of H-pyrrole nitrogens is 1. The van der Waals surface area contributed by atoms with E-state index in [4.69, 9.17) is 5.11 Å². The number of anilines is 2. The number of aromatic amines is 1. The lowest BCUT2D eigenvalue weighted by Gasteiger charge is -2.09. The molecule has 0 saturated heterocycles. The van der Waals surface area contributed by atoms with E-state index in [9.17, 15) is 4.79 Å². The van der Waals surface area contributed by atoms with E-state index in [1.807, 2.05) is 24.3 Å². The number of aliphatic hydroxyl groups is 1. The topological polar surface area (TPSA) is 103 Å². The molecule has 1 amide bonds. The van der Waals surface area contributed by atoms with Crippen molar-refractivity contribution in [2.24, 2.45) is 0 Å². The molecule has 24 heavy (non-hydrogen) atoms.